The van der Waals surface area contributed by atoms with E-state index in [9.17, 15) is 25.2 Å². The van der Waals surface area contributed by atoms with Gasteiger partial charge in [-0.15, -0.1) is 0 Å². The van der Waals surface area contributed by atoms with Crippen molar-refractivity contribution in [2.75, 3.05) is 20.3 Å². The molecule has 17 atom stereocenters. The molecule has 6 aliphatic rings. The van der Waals surface area contributed by atoms with Crippen LogP contribution in [0.4, 0.5) is 0 Å². The first-order chi connectivity index (χ1) is 26.8. The number of hydrogen-bond donors (Lipinski definition) is 4. The van der Waals surface area contributed by atoms with Crippen molar-refractivity contribution in [2.45, 2.75) is 154 Å². The van der Waals surface area contributed by atoms with Crippen LogP contribution in [-0.2, 0) is 23.7 Å². The van der Waals surface area contributed by atoms with Gasteiger partial charge in [-0.25, -0.2) is 4.79 Å². The predicted molar refractivity (Wildman–Crippen MR) is 208 cm³/mol. The highest BCUT2D eigenvalue weighted by Crippen LogP contribution is 2.63. The van der Waals surface area contributed by atoms with E-state index < -0.39 is 55.0 Å². The van der Waals surface area contributed by atoms with Crippen molar-refractivity contribution in [1.29, 1.82) is 0 Å². The number of allylic oxidation sites excluding steroid dienone is 1. The lowest BCUT2D eigenvalue weighted by molar-refractivity contribution is -0.328. The van der Waals surface area contributed by atoms with Gasteiger partial charge < -0.3 is 48.8 Å². The average Bonchev–Trinajstić information content (AvgIpc) is 3.55. The Morgan fingerprint density at radius 3 is 2.36 bits per heavy atom. The largest absolute Gasteiger partial charge is 0.497 e. The molecule has 2 saturated heterocycles. The van der Waals surface area contributed by atoms with E-state index in [-0.39, 0.29) is 36.4 Å². The highest BCUT2D eigenvalue weighted by atomic mass is 16.7. The van der Waals surface area contributed by atoms with Gasteiger partial charge >= 0.3 is 5.97 Å². The fourth-order valence-corrected chi connectivity index (χ4v) is 11.9. The van der Waals surface area contributed by atoms with Crippen molar-refractivity contribution in [1.82, 2.24) is 0 Å². The van der Waals surface area contributed by atoms with Crippen LogP contribution in [0.1, 0.15) is 109 Å². The van der Waals surface area contributed by atoms with Gasteiger partial charge in [0.1, 0.15) is 24.1 Å². The van der Waals surface area contributed by atoms with Crippen molar-refractivity contribution in [3.8, 4) is 5.75 Å². The highest BCUT2D eigenvalue weighted by molar-refractivity contribution is 5.89. The summed E-state index contributed by atoms with van der Waals surface area (Å²) < 4.78 is 36.6. The fraction of sp³-hybridized carbons (Fsp3) is 0.800. The Hall–Kier alpha value is -2.09. The molecule has 5 fully saturated rings. The van der Waals surface area contributed by atoms with E-state index in [1.54, 1.807) is 24.3 Å². The Balaban J connectivity index is 1.07. The average molecular weight is 785 g/mol. The van der Waals surface area contributed by atoms with E-state index in [1.165, 1.54) is 38.4 Å². The molecule has 0 spiro atoms. The Morgan fingerprint density at radius 2 is 1.62 bits per heavy atom. The predicted octanol–water partition coefficient (Wildman–Crippen LogP) is 6.04. The second kappa shape index (κ2) is 17.6. The number of carbonyl (C=O) groups is 1. The summed E-state index contributed by atoms with van der Waals surface area (Å²) in [4.78, 5) is 13.2. The van der Waals surface area contributed by atoms with Gasteiger partial charge in [0.15, 0.2) is 18.7 Å². The third-order valence-electron chi connectivity index (χ3n) is 15.0. The molecule has 314 valence electrons. The monoisotopic (exact) mass is 784 g/mol. The van der Waals surface area contributed by atoms with Gasteiger partial charge in [0.25, 0.3) is 0 Å². The minimum absolute atomic E-state index is 0.00592. The molecule has 2 heterocycles. The summed E-state index contributed by atoms with van der Waals surface area (Å²) in [5, 5.41) is 43.3. The normalized spacial score (nSPS) is 42.9. The zero-order chi connectivity index (χ0) is 39.9. The van der Waals surface area contributed by atoms with Crippen LogP contribution in [0.25, 0.3) is 0 Å². The maximum Gasteiger partial charge on any atom is 0.338 e. The quantitative estimate of drug-likeness (QED) is 0.145. The molecule has 8 unspecified atom stereocenters. The highest BCUT2D eigenvalue weighted by Gasteiger charge is 2.58. The van der Waals surface area contributed by atoms with Gasteiger partial charge in [-0.05, 0) is 116 Å². The topological polar surface area (TPSA) is 153 Å². The summed E-state index contributed by atoms with van der Waals surface area (Å²) in [6, 6.07) is 6.37. The molecule has 4 aliphatic carbocycles. The SMILES string of the molecule is COc1ccc(C(=O)OC2C(OC3C(O)COC(O[C@H]4C[C@@H]5[C@H](CC[C@H]6[C@H]5CC=C5C[C@@H](O)CC[C@@]56C)[C@H]4[C@H](C)CCCC(C)C)C3C)OCC(O)C2O)cc1. The Morgan fingerprint density at radius 1 is 0.893 bits per heavy atom. The first-order valence-electron chi connectivity index (χ1n) is 21.6. The zero-order valence-electron chi connectivity index (χ0n) is 34.3. The fourth-order valence-electron chi connectivity index (χ4n) is 11.9. The molecule has 2 aliphatic heterocycles. The molecule has 7 rings (SSSR count). The van der Waals surface area contributed by atoms with Crippen molar-refractivity contribution in [3.05, 3.63) is 41.5 Å². The molecule has 4 N–H and O–H groups in total. The van der Waals surface area contributed by atoms with Gasteiger partial charge in [-0.2, -0.15) is 0 Å². The maximum absolute atomic E-state index is 13.2. The molecule has 56 heavy (non-hydrogen) atoms. The van der Waals surface area contributed by atoms with Crippen LogP contribution in [0, 0.1) is 52.8 Å². The van der Waals surface area contributed by atoms with Crippen LogP contribution in [0.2, 0.25) is 0 Å². The number of carbonyl (C=O) groups excluding carboxylic acids is 1. The zero-order valence-corrected chi connectivity index (χ0v) is 34.3. The number of aliphatic hydroxyl groups excluding tert-OH is 4. The van der Waals surface area contributed by atoms with E-state index in [1.807, 2.05) is 6.92 Å². The number of hydrogen-bond acceptors (Lipinski definition) is 11. The van der Waals surface area contributed by atoms with Gasteiger partial charge in [-0.1, -0.05) is 65.5 Å². The summed E-state index contributed by atoms with van der Waals surface area (Å²) in [6.07, 6.45) is 5.24. The minimum atomic E-state index is -1.47. The molecule has 11 nitrogen and oxygen atoms in total. The molecule has 0 radical (unpaired) electrons. The second-order valence-electron chi connectivity index (χ2n) is 18.8. The number of aliphatic hydroxyl groups is 4. The number of fused-ring (bicyclic) bond motifs is 5. The number of ether oxygens (including phenoxy) is 6. The van der Waals surface area contributed by atoms with Crippen LogP contribution in [0.5, 0.6) is 5.75 Å². The summed E-state index contributed by atoms with van der Waals surface area (Å²) in [5.74, 6) is 3.33. The third-order valence-corrected chi connectivity index (χ3v) is 15.0. The first-order valence-corrected chi connectivity index (χ1v) is 21.6. The van der Waals surface area contributed by atoms with Crippen molar-refractivity contribution < 1.29 is 53.6 Å². The van der Waals surface area contributed by atoms with Crippen molar-refractivity contribution >= 4 is 5.97 Å². The van der Waals surface area contributed by atoms with Crippen LogP contribution in [-0.4, -0.2) is 102 Å². The summed E-state index contributed by atoms with van der Waals surface area (Å²) in [7, 11) is 1.53. The summed E-state index contributed by atoms with van der Waals surface area (Å²) >= 11 is 0. The minimum Gasteiger partial charge on any atom is -0.497 e. The summed E-state index contributed by atoms with van der Waals surface area (Å²) in [6.45, 7) is 11.2. The van der Waals surface area contributed by atoms with E-state index in [0.717, 1.165) is 38.5 Å². The molecule has 0 aromatic heterocycles. The molecule has 11 heteroatoms. The number of esters is 1. The standard InChI is InChI=1S/C45H68O11/c1-24(2)8-7-9-25(3)38-32-16-17-34-31(15-12-28-20-29(46)18-19-45(28,34)5)33(32)21-37(38)54-43-26(4)40(36(48)23-52-43)56-44-41(39(49)35(47)22-53-44)55-42(50)27-10-13-30(51-6)14-11-27/h10-14,24-26,29,31-41,43-44,46-49H,7-9,15-23H2,1-6H3/t25-,26?,29+,31+,32+,33+,34+,35?,36?,37+,38-,39?,40?,41?,43?,44?,45+/m1/s1. The van der Waals surface area contributed by atoms with Crippen molar-refractivity contribution in [3.63, 3.8) is 0 Å². The third kappa shape index (κ3) is 8.49. The maximum atomic E-state index is 13.2. The second-order valence-corrected chi connectivity index (χ2v) is 18.8. The number of methoxy groups -OCH3 is 1. The molecular formula is C45H68O11. The van der Waals surface area contributed by atoms with Crippen LogP contribution in [0.15, 0.2) is 35.9 Å². The Labute approximate surface area is 333 Å². The molecule has 1 aromatic rings. The molecule has 0 bridgehead atoms. The van der Waals surface area contributed by atoms with Gasteiger partial charge in [0, 0.05) is 5.92 Å². The van der Waals surface area contributed by atoms with Crippen LogP contribution < -0.4 is 4.74 Å². The van der Waals surface area contributed by atoms with Gasteiger partial charge in [-0.3, -0.25) is 0 Å². The lowest BCUT2D eigenvalue weighted by Crippen LogP contribution is -2.59. The van der Waals surface area contributed by atoms with Crippen LogP contribution in [0.3, 0.4) is 0 Å². The number of benzene rings is 1. The van der Waals surface area contributed by atoms with Crippen LogP contribution >= 0.6 is 0 Å². The van der Waals surface area contributed by atoms with Crippen molar-refractivity contribution in [2.24, 2.45) is 52.8 Å². The smallest absolute Gasteiger partial charge is 0.338 e. The molecular weight excluding hydrogens is 716 g/mol. The first kappa shape index (κ1) is 42.0. The van der Waals surface area contributed by atoms with E-state index in [0.29, 0.717) is 47.2 Å². The molecule has 3 saturated carbocycles. The van der Waals surface area contributed by atoms with E-state index in [4.69, 9.17) is 28.4 Å². The van der Waals surface area contributed by atoms with Gasteiger partial charge in [0.05, 0.1) is 44.2 Å². The number of rotatable bonds is 12. The Kier molecular flexibility index (Phi) is 13.2. The Bertz CT molecular complexity index is 1500. The van der Waals surface area contributed by atoms with E-state index in [2.05, 4.69) is 33.8 Å². The summed E-state index contributed by atoms with van der Waals surface area (Å²) in [5.41, 5.74) is 1.88. The lowest BCUT2D eigenvalue weighted by atomic mass is 9.50. The molecule has 0 amide bonds. The molecule has 1 aromatic carbocycles. The van der Waals surface area contributed by atoms with Gasteiger partial charge in [0.2, 0.25) is 0 Å². The lowest BCUT2D eigenvalue weighted by Gasteiger charge is -2.55. The van der Waals surface area contributed by atoms with E-state index >= 15 is 0 Å².